The van der Waals surface area contributed by atoms with E-state index in [-0.39, 0.29) is 30.4 Å². The van der Waals surface area contributed by atoms with Crippen molar-refractivity contribution in [3.8, 4) is 11.5 Å². The summed E-state index contributed by atoms with van der Waals surface area (Å²) in [5.41, 5.74) is 9.23. The van der Waals surface area contributed by atoms with E-state index < -0.39 is 29.7 Å². The standard InChI is InChI=1S/C41H42N10O5/c42-36(24-6-9-30(10-7-24)56-29-4-2-1-3-5-29)35-37(43)44-23-45-38(35)46-25-14-16-48(17-15-25)27-19-50(20-27)28-21-49(22-28)26-8-11-31-32(18-26)41(55)51(40(31)54)33-12-13-34(52)47-39(33)53/h1-11,18,23,25,27-28,33,42H,12-17,19-22H2,(H,47,52,53)(H3,43,44,45,46). The van der Waals surface area contributed by atoms with Crippen LogP contribution >= 0.6 is 0 Å². The van der Waals surface area contributed by atoms with Gasteiger partial charge in [0.2, 0.25) is 11.8 Å². The summed E-state index contributed by atoms with van der Waals surface area (Å²) < 4.78 is 5.92. The molecule has 4 saturated heterocycles. The summed E-state index contributed by atoms with van der Waals surface area (Å²) in [5.74, 6) is 0.272. The first-order chi connectivity index (χ1) is 27.2. The van der Waals surface area contributed by atoms with Crippen molar-refractivity contribution in [2.24, 2.45) is 0 Å². The third kappa shape index (κ3) is 6.62. The Morgan fingerprint density at radius 1 is 0.804 bits per heavy atom. The minimum atomic E-state index is -0.971. The lowest BCUT2D eigenvalue weighted by Gasteiger charge is -2.55. The third-order valence-corrected chi connectivity index (χ3v) is 11.7. The number of aromatic nitrogens is 2. The van der Waals surface area contributed by atoms with Crippen molar-refractivity contribution >= 4 is 46.7 Å². The number of hydrogen-bond donors (Lipinski definition) is 4. The summed E-state index contributed by atoms with van der Waals surface area (Å²) in [7, 11) is 0. The highest BCUT2D eigenvalue weighted by atomic mass is 16.5. The van der Waals surface area contributed by atoms with E-state index in [0.29, 0.717) is 45.9 Å². The molecule has 5 aliphatic heterocycles. The number of carbonyl (C=O) groups excluding carboxylic acids is 4. The van der Waals surface area contributed by atoms with Gasteiger partial charge in [-0.2, -0.15) is 0 Å². The molecule has 6 heterocycles. The predicted molar refractivity (Wildman–Crippen MR) is 208 cm³/mol. The van der Waals surface area contributed by atoms with Crippen LogP contribution in [-0.4, -0.2) is 117 Å². The number of fused-ring (bicyclic) bond motifs is 1. The van der Waals surface area contributed by atoms with Gasteiger partial charge in [0.1, 0.15) is 35.5 Å². The molecule has 15 heteroatoms. The fourth-order valence-electron chi connectivity index (χ4n) is 8.39. The number of para-hydroxylation sites is 1. The Morgan fingerprint density at radius 2 is 1.50 bits per heavy atom. The minimum Gasteiger partial charge on any atom is -0.457 e. The van der Waals surface area contributed by atoms with E-state index in [4.69, 9.17) is 15.9 Å². The highest BCUT2D eigenvalue weighted by molar-refractivity contribution is 6.23. The van der Waals surface area contributed by atoms with Gasteiger partial charge >= 0.3 is 0 Å². The fourth-order valence-corrected chi connectivity index (χ4v) is 8.39. The van der Waals surface area contributed by atoms with Crippen molar-refractivity contribution in [1.82, 2.24) is 30.0 Å². The van der Waals surface area contributed by atoms with Crippen LogP contribution in [0.5, 0.6) is 11.5 Å². The highest BCUT2D eigenvalue weighted by Crippen LogP contribution is 2.34. The largest absolute Gasteiger partial charge is 0.457 e. The number of amides is 4. The van der Waals surface area contributed by atoms with Crippen molar-refractivity contribution in [2.75, 3.05) is 55.2 Å². The molecule has 5 N–H and O–H groups in total. The Labute approximate surface area is 323 Å². The van der Waals surface area contributed by atoms with Gasteiger partial charge in [-0.05, 0) is 73.9 Å². The normalized spacial score (nSPS) is 21.0. The summed E-state index contributed by atoms with van der Waals surface area (Å²) in [6, 6.07) is 22.4. The lowest BCUT2D eigenvalue weighted by Crippen LogP contribution is -2.70. The number of anilines is 3. The van der Waals surface area contributed by atoms with Gasteiger partial charge in [-0.25, -0.2) is 9.97 Å². The summed E-state index contributed by atoms with van der Waals surface area (Å²) >= 11 is 0. The maximum absolute atomic E-state index is 13.3. The van der Waals surface area contributed by atoms with Crippen molar-refractivity contribution in [1.29, 1.82) is 5.41 Å². The molecule has 5 aliphatic rings. The molecule has 286 valence electrons. The van der Waals surface area contributed by atoms with Crippen LogP contribution in [0.2, 0.25) is 0 Å². The van der Waals surface area contributed by atoms with Crippen LogP contribution in [0.25, 0.3) is 0 Å². The van der Waals surface area contributed by atoms with Crippen molar-refractivity contribution < 1.29 is 23.9 Å². The average molecular weight is 755 g/mol. The molecule has 15 nitrogen and oxygen atoms in total. The van der Waals surface area contributed by atoms with Gasteiger partial charge in [0.05, 0.1) is 22.4 Å². The van der Waals surface area contributed by atoms with E-state index in [9.17, 15) is 19.2 Å². The molecule has 4 aromatic rings. The van der Waals surface area contributed by atoms with Crippen LogP contribution in [0.3, 0.4) is 0 Å². The number of likely N-dealkylation sites (tertiary alicyclic amines) is 2. The Kier molecular flexibility index (Phi) is 9.17. The van der Waals surface area contributed by atoms with Crippen LogP contribution in [0, 0.1) is 5.41 Å². The molecule has 0 bridgehead atoms. The van der Waals surface area contributed by atoms with E-state index >= 15 is 0 Å². The van der Waals surface area contributed by atoms with Gasteiger partial charge in [-0.1, -0.05) is 18.2 Å². The Balaban J connectivity index is 0.745. The number of imide groups is 2. The molecule has 0 radical (unpaired) electrons. The van der Waals surface area contributed by atoms with Gasteiger partial charge in [-0.3, -0.25) is 44.6 Å². The fraction of sp³-hybridized carbons (Fsp3) is 0.341. The van der Waals surface area contributed by atoms with Crippen LogP contribution in [0.1, 0.15) is 57.5 Å². The molecule has 1 atom stereocenters. The number of nitrogens with one attached hydrogen (secondary N) is 3. The van der Waals surface area contributed by atoms with Crippen molar-refractivity contribution in [3.05, 3.63) is 101 Å². The molecule has 3 aromatic carbocycles. The molecular weight excluding hydrogens is 713 g/mol. The average Bonchev–Trinajstić information content (AvgIpc) is 3.41. The summed E-state index contributed by atoms with van der Waals surface area (Å²) in [6.45, 7) is 5.60. The number of hydrogen-bond acceptors (Lipinski definition) is 13. The third-order valence-electron chi connectivity index (χ3n) is 11.7. The molecule has 0 saturated carbocycles. The lowest BCUT2D eigenvalue weighted by atomic mass is 9.95. The molecule has 4 amide bonds. The number of nitrogens with zero attached hydrogens (tertiary/aromatic N) is 6. The van der Waals surface area contributed by atoms with E-state index in [1.165, 1.54) is 6.33 Å². The second kappa shape index (κ2) is 14.5. The summed E-state index contributed by atoms with van der Waals surface area (Å²) in [6.07, 6.45) is 3.55. The Hall–Kier alpha value is -6.19. The van der Waals surface area contributed by atoms with Crippen molar-refractivity contribution in [2.45, 2.75) is 49.9 Å². The van der Waals surface area contributed by atoms with Gasteiger partial charge in [0.25, 0.3) is 11.8 Å². The first kappa shape index (κ1) is 35.5. The van der Waals surface area contributed by atoms with E-state index in [0.717, 1.165) is 68.4 Å². The number of carbonyl (C=O) groups is 4. The SMILES string of the molecule is N=C(c1ccc(Oc2ccccc2)cc1)c1c(N)ncnc1NC1CCN(C2CN(C3CN(c4ccc5c(c4)C(=O)N(C4CCC(=O)NC4=O)C5=O)C3)C2)CC1. The molecule has 1 unspecified atom stereocenters. The van der Waals surface area contributed by atoms with Crippen LogP contribution < -0.4 is 26.0 Å². The zero-order chi connectivity index (χ0) is 38.5. The Bertz CT molecular complexity index is 2210. The van der Waals surface area contributed by atoms with Crippen LogP contribution in [-0.2, 0) is 9.59 Å². The maximum atomic E-state index is 13.3. The molecule has 56 heavy (non-hydrogen) atoms. The molecule has 0 aliphatic carbocycles. The second-order valence-electron chi connectivity index (χ2n) is 15.1. The van der Waals surface area contributed by atoms with E-state index in [2.05, 4.69) is 35.3 Å². The minimum absolute atomic E-state index is 0.0923. The zero-order valence-electron chi connectivity index (χ0n) is 30.7. The number of nitrogens with two attached hydrogens (primary N) is 1. The van der Waals surface area contributed by atoms with E-state index in [1.807, 2.05) is 60.7 Å². The topological polar surface area (TPSA) is 190 Å². The maximum Gasteiger partial charge on any atom is 0.262 e. The summed E-state index contributed by atoms with van der Waals surface area (Å²) in [5, 5.41) is 14.8. The number of ether oxygens (including phenoxy) is 1. The smallest absolute Gasteiger partial charge is 0.262 e. The lowest BCUT2D eigenvalue weighted by molar-refractivity contribution is -0.136. The first-order valence-electron chi connectivity index (χ1n) is 19.1. The van der Waals surface area contributed by atoms with Gasteiger partial charge in [0, 0.05) is 75.1 Å². The number of nitrogen functional groups attached to an aromatic ring is 1. The predicted octanol–water partition coefficient (Wildman–Crippen LogP) is 3.12. The van der Waals surface area contributed by atoms with Crippen LogP contribution in [0.15, 0.2) is 79.1 Å². The second-order valence-corrected chi connectivity index (χ2v) is 15.1. The zero-order valence-corrected chi connectivity index (χ0v) is 30.7. The Morgan fingerprint density at radius 3 is 2.23 bits per heavy atom. The van der Waals surface area contributed by atoms with Gasteiger partial charge in [0.15, 0.2) is 0 Å². The molecule has 0 spiro atoms. The molecule has 1 aromatic heterocycles. The van der Waals surface area contributed by atoms with E-state index in [1.54, 1.807) is 12.1 Å². The van der Waals surface area contributed by atoms with Gasteiger partial charge < -0.3 is 20.7 Å². The van der Waals surface area contributed by atoms with Crippen LogP contribution in [0.4, 0.5) is 17.3 Å². The number of piperidine rings is 2. The quantitative estimate of drug-likeness (QED) is 0.137. The number of benzene rings is 3. The molecular formula is C41H42N10O5. The highest BCUT2D eigenvalue weighted by Gasteiger charge is 2.46. The van der Waals surface area contributed by atoms with Gasteiger partial charge in [-0.15, -0.1) is 0 Å². The summed E-state index contributed by atoms with van der Waals surface area (Å²) in [4.78, 5) is 67.4. The first-order valence-corrected chi connectivity index (χ1v) is 19.1. The number of rotatable bonds is 10. The van der Waals surface area contributed by atoms with Crippen molar-refractivity contribution in [3.63, 3.8) is 0 Å². The molecule has 4 fully saturated rings. The monoisotopic (exact) mass is 754 g/mol. The molecule has 9 rings (SSSR count).